The summed E-state index contributed by atoms with van der Waals surface area (Å²) in [6, 6.07) is 17.2. The molecule has 2 heterocycles. The Labute approximate surface area is 179 Å². The summed E-state index contributed by atoms with van der Waals surface area (Å²) in [6.45, 7) is 3.78. The fourth-order valence-corrected chi connectivity index (χ4v) is 4.63. The van der Waals surface area contributed by atoms with Crippen LogP contribution in [-0.4, -0.2) is 31.3 Å². The Kier molecular flexibility index (Phi) is 6.27. The van der Waals surface area contributed by atoms with Crippen LogP contribution in [-0.2, 0) is 0 Å². The van der Waals surface area contributed by atoms with E-state index in [0.717, 1.165) is 36.8 Å². The van der Waals surface area contributed by atoms with Crippen LogP contribution in [0.4, 0.5) is 0 Å². The minimum Gasteiger partial charge on any atom is -0.454 e. The maximum Gasteiger partial charge on any atom is 0.231 e. The van der Waals surface area contributed by atoms with E-state index in [1.807, 2.05) is 6.07 Å². The molecule has 0 N–H and O–H groups in total. The van der Waals surface area contributed by atoms with E-state index in [4.69, 9.17) is 9.47 Å². The molecule has 1 unspecified atom stereocenters. The van der Waals surface area contributed by atoms with E-state index in [0.29, 0.717) is 6.79 Å². The van der Waals surface area contributed by atoms with E-state index in [-0.39, 0.29) is 12.4 Å². The van der Waals surface area contributed by atoms with Gasteiger partial charge in [-0.05, 0) is 66.0 Å². The molecule has 0 fully saturated rings. The molecule has 3 aliphatic rings. The van der Waals surface area contributed by atoms with Gasteiger partial charge in [-0.25, -0.2) is 0 Å². The van der Waals surface area contributed by atoms with Gasteiger partial charge in [-0.15, -0.1) is 12.4 Å². The lowest BCUT2D eigenvalue weighted by atomic mass is 9.85. The number of hydrogen-bond acceptors (Lipinski definition) is 3. The van der Waals surface area contributed by atoms with Gasteiger partial charge >= 0.3 is 0 Å². The summed E-state index contributed by atoms with van der Waals surface area (Å²) in [5, 5.41) is 0. The number of hydrogen-bond donors (Lipinski definition) is 0. The van der Waals surface area contributed by atoms with Crippen molar-refractivity contribution in [3.63, 3.8) is 0 Å². The molecule has 0 saturated carbocycles. The van der Waals surface area contributed by atoms with Crippen LogP contribution in [0.1, 0.15) is 36.8 Å². The second kappa shape index (κ2) is 9.06. The second-order valence-corrected chi connectivity index (χ2v) is 8.05. The molecular formula is C25H28ClNO2. The van der Waals surface area contributed by atoms with Crippen molar-refractivity contribution in [1.82, 2.24) is 4.90 Å². The maximum atomic E-state index is 5.56. The van der Waals surface area contributed by atoms with Crippen LogP contribution >= 0.6 is 12.4 Å². The monoisotopic (exact) mass is 409 g/mol. The highest BCUT2D eigenvalue weighted by molar-refractivity contribution is 5.85. The van der Waals surface area contributed by atoms with Crippen molar-refractivity contribution >= 4 is 23.6 Å². The Morgan fingerprint density at radius 2 is 1.76 bits per heavy atom. The molecule has 0 bridgehead atoms. The van der Waals surface area contributed by atoms with Crippen molar-refractivity contribution < 1.29 is 9.47 Å². The third-order valence-electron chi connectivity index (χ3n) is 6.17. The summed E-state index contributed by atoms with van der Waals surface area (Å²) in [7, 11) is 0. The van der Waals surface area contributed by atoms with Gasteiger partial charge in [0.2, 0.25) is 6.79 Å². The molecule has 0 spiro atoms. The van der Waals surface area contributed by atoms with Gasteiger partial charge in [0.1, 0.15) is 0 Å². The van der Waals surface area contributed by atoms with Crippen LogP contribution in [0.5, 0.6) is 11.5 Å². The highest BCUT2D eigenvalue weighted by Crippen LogP contribution is 2.38. The predicted molar refractivity (Wildman–Crippen MR) is 121 cm³/mol. The van der Waals surface area contributed by atoms with Gasteiger partial charge in [0, 0.05) is 19.6 Å². The average molecular weight is 410 g/mol. The number of fused-ring (bicyclic) bond motifs is 1. The van der Waals surface area contributed by atoms with Crippen molar-refractivity contribution in [1.29, 1.82) is 0 Å². The predicted octanol–water partition coefficient (Wildman–Crippen LogP) is 5.81. The highest BCUT2D eigenvalue weighted by atomic mass is 35.5. The quantitative estimate of drug-likeness (QED) is 0.636. The summed E-state index contributed by atoms with van der Waals surface area (Å²) in [5.41, 5.74) is 5.64. The Hall–Kier alpha value is -2.23. The van der Waals surface area contributed by atoms with Crippen LogP contribution in [0.15, 0.2) is 60.7 Å². The minimum absolute atomic E-state index is 0. The SMILES string of the molecule is C1=C(c2ccccc2)CCN(CC2CCC=C(c3ccc4c(c3)OCO4)C2)C1.Cl. The van der Waals surface area contributed by atoms with E-state index in [9.17, 15) is 0 Å². The first kappa shape index (κ1) is 20.1. The standard InChI is InChI=1S/C25H27NO2.ClH/c1-2-6-20(7-3-1)21-11-13-26(14-12-21)17-19-5-4-8-22(15-19)23-9-10-24-25(16-23)28-18-27-24;/h1-3,6-11,16,19H,4-5,12-15,17-18H2;1H. The lowest BCUT2D eigenvalue weighted by molar-refractivity contribution is 0.174. The van der Waals surface area contributed by atoms with Crippen molar-refractivity contribution in [2.75, 3.05) is 26.4 Å². The number of allylic oxidation sites excluding steroid dienone is 2. The summed E-state index contributed by atoms with van der Waals surface area (Å²) in [5.74, 6) is 2.48. The summed E-state index contributed by atoms with van der Waals surface area (Å²) >= 11 is 0. The average Bonchev–Trinajstić information content (AvgIpc) is 3.23. The van der Waals surface area contributed by atoms with E-state index >= 15 is 0 Å². The zero-order valence-electron chi connectivity index (χ0n) is 16.7. The molecule has 29 heavy (non-hydrogen) atoms. The molecule has 0 amide bonds. The highest BCUT2D eigenvalue weighted by Gasteiger charge is 2.22. The molecule has 1 aliphatic carbocycles. The van der Waals surface area contributed by atoms with Crippen molar-refractivity contribution in [2.45, 2.75) is 25.7 Å². The van der Waals surface area contributed by atoms with E-state index in [2.05, 4.69) is 59.5 Å². The molecule has 152 valence electrons. The van der Waals surface area contributed by atoms with Crippen LogP contribution in [0.2, 0.25) is 0 Å². The molecule has 3 nitrogen and oxygen atoms in total. The van der Waals surface area contributed by atoms with Crippen LogP contribution in [0, 0.1) is 5.92 Å². The lowest BCUT2D eigenvalue weighted by Gasteiger charge is -2.32. The zero-order chi connectivity index (χ0) is 18.8. The second-order valence-electron chi connectivity index (χ2n) is 8.05. The normalized spacial score (nSPS) is 21.2. The topological polar surface area (TPSA) is 21.7 Å². The van der Waals surface area contributed by atoms with Gasteiger partial charge in [-0.2, -0.15) is 0 Å². The van der Waals surface area contributed by atoms with E-state index in [1.165, 1.54) is 48.2 Å². The molecular weight excluding hydrogens is 382 g/mol. The molecule has 0 aromatic heterocycles. The summed E-state index contributed by atoms with van der Waals surface area (Å²) in [6.07, 6.45) is 9.62. The molecule has 5 rings (SSSR count). The molecule has 2 aromatic rings. The smallest absolute Gasteiger partial charge is 0.231 e. The third-order valence-corrected chi connectivity index (χ3v) is 6.17. The summed E-state index contributed by atoms with van der Waals surface area (Å²) in [4.78, 5) is 2.62. The minimum atomic E-state index is 0. The first-order valence-corrected chi connectivity index (χ1v) is 10.4. The van der Waals surface area contributed by atoms with Crippen LogP contribution in [0.3, 0.4) is 0 Å². The first-order valence-electron chi connectivity index (χ1n) is 10.4. The molecule has 2 aromatic carbocycles. The number of halogens is 1. The fourth-order valence-electron chi connectivity index (χ4n) is 4.63. The van der Waals surface area contributed by atoms with Crippen LogP contribution in [0.25, 0.3) is 11.1 Å². The van der Waals surface area contributed by atoms with Gasteiger partial charge in [0.15, 0.2) is 11.5 Å². The number of rotatable bonds is 4. The third kappa shape index (κ3) is 4.52. The number of ether oxygens (including phenoxy) is 2. The maximum absolute atomic E-state index is 5.56. The van der Waals surface area contributed by atoms with E-state index < -0.39 is 0 Å². The first-order chi connectivity index (χ1) is 13.8. The Bertz CT molecular complexity index is 906. The largest absolute Gasteiger partial charge is 0.454 e. The summed E-state index contributed by atoms with van der Waals surface area (Å²) < 4.78 is 11.0. The molecule has 0 radical (unpaired) electrons. The Balaban J connectivity index is 0.00000205. The molecule has 4 heteroatoms. The van der Waals surface area contributed by atoms with E-state index in [1.54, 1.807) is 0 Å². The number of nitrogens with zero attached hydrogens (tertiary/aromatic N) is 1. The van der Waals surface area contributed by atoms with Gasteiger partial charge in [-0.3, -0.25) is 4.90 Å². The number of benzene rings is 2. The van der Waals surface area contributed by atoms with Gasteiger partial charge in [-0.1, -0.05) is 48.6 Å². The Morgan fingerprint density at radius 1 is 0.897 bits per heavy atom. The molecule has 1 atom stereocenters. The van der Waals surface area contributed by atoms with Gasteiger partial charge in [0.25, 0.3) is 0 Å². The Morgan fingerprint density at radius 3 is 2.59 bits per heavy atom. The molecule has 2 aliphatic heterocycles. The van der Waals surface area contributed by atoms with Crippen molar-refractivity contribution in [3.8, 4) is 11.5 Å². The zero-order valence-corrected chi connectivity index (χ0v) is 17.5. The molecule has 0 saturated heterocycles. The van der Waals surface area contributed by atoms with Crippen molar-refractivity contribution in [2.24, 2.45) is 5.92 Å². The van der Waals surface area contributed by atoms with Gasteiger partial charge < -0.3 is 9.47 Å². The van der Waals surface area contributed by atoms with Crippen molar-refractivity contribution in [3.05, 3.63) is 71.8 Å². The lowest BCUT2D eigenvalue weighted by Crippen LogP contribution is -2.33. The fraction of sp³-hybridized carbons (Fsp3) is 0.360. The van der Waals surface area contributed by atoms with Crippen LogP contribution < -0.4 is 9.47 Å². The van der Waals surface area contributed by atoms with Gasteiger partial charge in [0.05, 0.1) is 0 Å².